The van der Waals surface area contributed by atoms with Crippen molar-refractivity contribution in [3.63, 3.8) is 0 Å². The average molecular weight is 410 g/mol. The van der Waals surface area contributed by atoms with Crippen LogP contribution >= 0.6 is 11.6 Å². The quantitative estimate of drug-likeness (QED) is 0.368. The Morgan fingerprint density at radius 2 is 1.59 bits per heavy atom. The van der Waals surface area contributed by atoms with Gasteiger partial charge >= 0.3 is 0 Å². The van der Waals surface area contributed by atoms with Crippen LogP contribution in [0.4, 0.5) is 5.69 Å². The van der Waals surface area contributed by atoms with E-state index in [4.69, 9.17) is 11.6 Å². The van der Waals surface area contributed by atoms with E-state index >= 15 is 0 Å². The van der Waals surface area contributed by atoms with E-state index in [9.17, 15) is 20.0 Å². The number of hydrogen-bond acceptors (Lipinski definition) is 5. The molecule has 0 atom stereocenters. The summed E-state index contributed by atoms with van der Waals surface area (Å²) in [6, 6.07) is 20.8. The first-order chi connectivity index (χ1) is 13.9. The van der Waals surface area contributed by atoms with Crippen molar-refractivity contribution in [1.82, 2.24) is 5.43 Å². The maximum Gasteiger partial charge on any atom is 0.281 e. The van der Waals surface area contributed by atoms with Crippen molar-refractivity contribution in [2.45, 2.75) is 5.60 Å². The van der Waals surface area contributed by atoms with Crippen molar-refractivity contribution in [2.24, 2.45) is 5.10 Å². The molecule has 0 radical (unpaired) electrons. The minimum Gasteiger partial charge on any atom is -0.372 e. The Morgan fingerprint density at radius 1 is 1.03 bits per heavy atom. The van der Waals surface area contributed by atoms with Gasteiger partial charge in [-0.3, -0.25) is 14.9 Å². The van der Waals surface area contributed by atoms with Gasteiger partial charge in [0.1, 0.15) is 0 Å². The molecule has 146 valence electrons. The Kier molecular flexibility index (Phi) is 6.01. The number of nitrogens with zero attached hydrogens (tertiary/aromatic N) is 2. The molecule has 0 unspecified atom stereocenters. The standard InChI is InChI=1S/C21H16ClN3O4/c22-19-12-11-18(25(28)29)13-15(19)14-23-24-20(26)21(27,16-7-3-1-4-8-16)17-9-5-2-6-10-17/h1-14,27H,(H,24,26). The number of aliphatic hydroxyl groups is 1. The van der Waals surface area contributed by atoms with Gasteiger partial charge in [0, 0.05) is 22.7 Å². The predicted molar refractivity (Wildman–Crippen MR) is 110 cm³/mol. The second-order valence-corrected chi connectivity index (χ2v) is 6.51. The Morgan fingerprint density at radius 3 is 2.10 bits per heavy atom. The first-order valence-corrected chi connectivity index (χ1v) is 8.91. The molecule has 8 heteroatoms. The molecule has 1 amide bonds. The van der Waals surface area contributed by atoms with Gasteiger partial charge in [-0.05, 0) is 17.2 Å². The van der Waals surface area contributed by atoms with Crippen LogP contribution in [0, 0.1) is 10.1 Å². The van der Waals surface area contributed by atoms with Gasteiger partial charge in [0.25, 0.3) is 11.6 Å². The fourth-order valence-electron chi connectivity index (χ4n) is 2.77. The van der Waals surface area contributed by atoms with Crippen molar-refractivity contribution in [2.75, 3.05) is 0 Å². The normalized spacial score (nSPS) is 11.4. The number of carbonyl (C=O) groups is 1. The SMILES string of the molecule is O=C(NN=Cc1cc([N+](=O)[O-])ccc1Cl)C(O)(c1ccccc1)c1ccccc1. The summed E-state index contributed by atoms with van der Waals surface area (Å²) in [4.78, 5) is 23.2. The fraction of sp³-hybridized carbons (Fsp3) is 0.0476. The molecule has 7 nitrogen and oxygen atoms in total. The lowest BCUT2D eigenvalue weighted by molar-refractivity contribution is -0.384. The highest BCUT2D eigenvalue weighted by molar-refractivity contribution is 6.33. The summed E-state index contributed by atoms with van der Waals surface area (Å²) in [5.74, 6) is -0.785. The minimum absolute atomic E-state index is 0.160. The number of nitro benzene ring substituents is 1. The van der Waals surface area contributed by atoms with Crippen molar-refractivity contribution in [3.05, 3.63) is 111 Å². The summed E-state index contributed by atoms with van der Waals surface area (Å²) >= 11 is 6.02. The third-order valence-corrected chi connectivity index (χ3v) is 4.62. The maximum absolute atomic E-state index is 12.9. The lowest BCUT2D eigenvalue weighted by Crippen LogP contribution is -2.43. The largest absolute Gasteiger partial charge is 0.372 e. The van der Waals surface area contributed by atoms with Crippen LogP contribution in [0.3, 0.4) is 0 Å². The van der Waals surface area contributed by atoms with E-state index in [-0.39, 0.29) is 16.3 Å². The minimum atomic E-state index is -1.98. The zero-order chi connectivity index (χ0) is 20.9. The van der Waals surface area contributed by atoms with Crippen LogP contribution in [0.1, 0.15) is 16.7 Å². The molecule has 0 saturated heterocycles. The number of halogens is 1. The number of non-ortho nitro benzene ring substituents is 1. The van der Waals surface area contributed by atoms with Crippen molar-refractivity contribution in [1.29, 1.82) is 0 Å². The number of rotatable bonds is 6. The lowest BCUT2D eigenvalue weighted by Gasteiger charge is -2.27. The van der Waals surface area contributed by atoms with Gasteiger partial charge in [-0.15, -0.1) is 0 Å². The third kappa shape index (κ3) is 4.31. The maximum atomic E-state index is 12.9. The molecular formula is C21H16ClN3O4. The highest BCUT2D eigenvalue weighted by Crippen LogP contribution is 2.30. The smallest absolute Gasteiger partial charge is 0.281 e. The molecule has 0 aliphatic carbocycles. The van der Waals surface area contributed by atoms with Crippen LogP contribution in [0.5, 0.6) is 0 Å². The molecular weight excluding hydrogens is 394 g/mol. The molecule has 0 aliphatic heterocycles. The summed E-state index contributed by atoms with van der Waals surface area (Å²) in [6.45, 7) is 0. The van der Waals surface area contributed by atoms with Gasteiger partial charge in [0.05, 0.1) is 11.1 Å². The van der Waals surface area contributed by atoms with E-state index in [0.29, 0.717) is 11.1 Å². The zero-order valence-corrected chi connectivity index (χ0v) is 15.8. The Labute approximate surface area is 171 Å². The zero-order valence-electron chi connectivity index (χ0n) is 15.0. The Bertz CT molecular complexity index is 1020. The van der Waals surface area contributed by atoms with Crippen molar-refractivity contribution in [3.8, 4) is 0 Å². The van der Waals surface area contributed by atoms with Gasteiger partial charge in [-0.25, -0.2) is 5.43 Å². The number of hydrogen-bond donors (Lipinski definition) is 2. The van der Waals surface area contributed by atoms with E-state index in [1.807, 2.05) is 0 Å². The van der Waals surface area contributed by atoms with Crippen LogP contribution in [-0.2, 0) is 10.4 Å². The summed E-state index contributed by atoms with van der Waals surface area (Å²) in [6.07, 6.45) is 1.18. The molecule has 3 aromatic carbocycles. The molecule has 0 aliphatic rings. The second kappa shape index (κ2) is 8.64. The van der Waals surface area contributed by atoms with Gasteiger partial charge in [-0.2, -0.15) is 5.10 Å². The number of hydrazone groups is 1. The Hall–Kier alpha value is -3.55. The molecule has 0 saturated carbocycles. The van der Waals surface area contributed by atoms with Gasteiger partial charge < -0.3 is 5.11 Å². The van der Waals surface area contributed by atoms with E-state index in [2.05, 4.69) is 10.5 Å². The first-order valence-electron chi connectivity index (χ1n) is 8.54. The van der Waals surface area contributed by atoms with E-state index < -0.39 is 16.4 Å². The first kappa shape index (κ1) is 20.2. The van der Waals surface area contributed by atoms with Crippen molar-refractivity contribution >= 4 is 29.4 Å². The van der Waals surface area contributed by atoms with Crippen molar-refractivity contribution < 1.29 is 14.8 Å². The van der Waals surface area contributed by atoms with E-state index in [1.165, 1.54) is 24.4 Å². The third-order valence-electron chi connectivity index (χ3n) is 4.27. The van der Waals surface area contributed by atoms with Crippen LogP contribution in [0.2, 0.25) is 5.02 Å². The summed E-state index contributed by atoms with van der Waals surface area (Å²) in [7, 11) is 0. The molecule has 0 aromatic heterocycles. The molecule has 2 N–H and O–H groups in total. The van der Waals surface area contributed by atoms with Crippen LogP contribution < -0.4 is 5.43 Å². The van der Waals surface area contributed by atoms with E-state index in [0.717, 1.165) is 0 Å². The second-order valence-electron chi connectivity index (χ2n) is 6.10. The van der Waals surface area contributed by atoms with Gasteiger partial charge in [-0.1, -0.05) is 72.3 Å². The highest BCUT2D eigenvalue weighted by atomic mass is 35.5. The molecule has 3 aromatic rings. The summed E-state index contributed by atoms with van der Waals surface area (Å²) in [5.41, 5.74) is 1.15. The van der Waals surface area contributed by atoms with Crippen LogP contribution in [0.15, 0.2) is 84.0 Å². The molecule has 0 fully saturated rings. The number of amides is 1. The molecule has 0 spiro atoms. The lowest BCUT2D eigenvalue weighted by atomic mass is 9.85. The molecule has 29 heavy (non-hydrogen) atoms. The number of carbonyl (C=O) groups excluding carboxylic acids is 1. The van der Waals surface area contributed by atoms with Crippen LogP contribution in [-0.4, -0.2) is 22.2 Å². The van der Waals surface area contributed by atoms with Gasteiger partial charge in [0.2, 0.25) is 0 Å². The molecule has 3 rings (SSSR count). The number of benzene rings is 3. The molecule has 0 bridgehead atoms. The monoisotopic (exact) mass is 409 g/mol. The summed E-state index contributed by atoms with van der Waals surface area (Å²) < 4.78 is 0. The van der Waals surface area contributed by atoms with Crippen LogP contribution in [0.25, 0.3) is 0 Å². The predicted octanol–water partition coefficient (Wildman–Crippen LogP) is 3.63. The van der Waals surface area contributed by atoms with Gasteiger partial charge in [0.15, 0.2) is 5.60 Å². The molecule has 0 heterocycles. The van der Waals surface area contributed by atoms with E-state index in [1.54, 1.807) is 60.7 Å². The summed E-state index contributed by atoms with van der Waals surface area (Å²) in [5, 5.41) is 26.3. The number of nitro groups is 1. The topological polar surface area (TPSA) is 105 Å². The highest BCUT2D eigenvalue weighted by Gasteiger charge is 2.39. The fourth-order valence-corrected chi connectivity index (χ4v) is 2.94. The average Bonchev–Trinajstić information content (AvgIpc) is 2.75. The Balaban J connectivity index is 1.90. The number of nitrogens with one attached hydrogen (secondary N) is 1.